The summed E-state index contributed by atoms with van der Waals surface area (Å²) in [6.45, 7) is 9.09. The van der Waals surface area contributed by atoms with Gasteiger partial charge in [0, 0.05) is 39.8 Å². The van der Waals surface area contributed by atoms with Gasteiger partial charge in [-0.3, -0.25) is 4.90 Å². The second-order valence-electron chi connectivity index (χ2n) is 6.59. The van der Waals surface area contributed by atoms with E-state index in [1.165, 1.54) is 12.8 Å². The van der Waals surface area contributed by atoms with Crippen molar-refractivity contribution < 1.29 is 4.74 Å². The van der Waals surface area contributed by atoms with Crippen molar-refractivity contribution in [2.24, 2.45) is 18.0 Å². The number of nitrogens with one attached hydrogen (secondary N) is 2. The number of guanidine groups is 1. The Labute approximate surface area is 143 Å². The van der Waals surface area contributed by atoms with Crippen LogP contribution < -0.4 is 10.6 Å². The minimum absolute atomic E-state index is 0.537. The molecule has 0 atom stereocenters. The van der Waals surface area contributed by atoms with Gasteiger partial charge in [0.1, 0.15) is 12.4 Å². The van der Waals surface area contributed by atoms with Gasteiger partial charge >= 0.3 is 0 Å². The highest BCUT2D eigenvalue weighted by Crippen LogP contribution is 2.27. The highest BCUT2D eigenvalue weighted by Gasteiger charge is 2.21. The maximum absolute atomic E-state index is 5.39. The first kappa shape index (κ1) is 17.2. The molecule has 0 amide bonds. The van der Waals surface area contributed by atoms with E-state index in [1.807, 2.05) is 18.5 Å². The summed E-state index contributed by atoms with van der Waals surface area (Å²) in [7, 11) is 1.98. The topological polar surface area (TPSA) is 79.6 Å². The standard InChI is InChI=1S/C16H29N7O/c1-13-20-21-15(22(13)2)12-19-16(18-11-14-3-4-14)17-5-6-23-7-9-24-10-8-23/h14H,3-12H2,1-2H3,(H2,17,18,19). The van der Waals surface area contributed by atoms with Crippen LogP contribution in [0, 0.1) is 12.8 Å². The molecule has 1 aromatic heterocycles. The number of aliphatic imine (C=N–C) groups is 1. The largest absolute Gasteiger partial charge is 0.379 e. The number of morpholine rings is 1. The number of ether oxygens (including phenoxy) is 1. The molecule has 8 nitrogen and oxygen atoms in total. The summed E-state index contributed by atoms with van der Waals surface area (Å²) < 4.78 is 7.37. The zero-order valence-electron chi connectivity index (χ0n) is 14.8. The van der Waals surface area contributed by atoms with E-state index >= 15 is 0 Å². The van der Waals surface area contributed by atoms with E-state index in [1.54, 1.807) is 0 Å². The molecule has 1 aliphatic carbocycles. The van der Waals surface area contributed by atoms with E-state index in [4.69, 9.17) is 4.74 Å². The van der Waals surface area contributed by atoms with E-state index in [2.05, 4.69) is 30.7 Å². The lowest BCUT2D eigenvalue weighted by atomic mass is 10.4. The minimum Gasteiger partial charge on any atom is -0.379 e. The Bertz CT molecular complexity index is 547. The predicted octanol–water partition coefficient (Wildman–Crippen LogP) is -0.0991. The van der Waals surface area contributed by atoms with Gasteiger partial charge in [0.15, 0.2) is 11.8 Å². The van der Waals surface area contributed by atoms with Gasteiger partial charge in [0.2, 0.25) is 0 Å². The summed E-state index contributed by atoms with van der Waals surface area (Å²) in [5.41, 5.74) is 0. The van der Waals surface area contributed by atoms with E-state index in [9.17, 15) is 0 Å². The van der Waals surface area contributed by atoms with Crippen molar-refractivity contribution in [2.75, 3.05) is 45.9 Å². The summed E-state index contributed by atoms with van der Waals surface area (Å²) in [5, 5.41) is 15.2. The first-order chi connectivity index (χ1) is 11.7. The molecule has 0 unspecified atom stereocenters. The fourth-order valence-corrected chi connectivity index (χ4v) is 2.63. The number of aromatic nitrogens is 3. The molecular formula is C16H29N7O. The van der Waals surface area contributed by atoms with Gasteiger partial charge in [-0.25, -0.2) is 4.99 Å². The number of hydrogen-bond donors (Lipinski definition) is 2. The maximum Gasteiger partial charge on any atom is 0.191 e. The van der Waals surface area contributed by atoms with Crippen LogP contribution in [0.25, 0.3) is 0 Å². The average Bonchev–Trinajstić information content (AvgIpc) is 3.38. The number of hydrogen-bond acceptors (Lipinski definition) is 5. The van der Waals surface area contributed by atoms with Crippen molar-refractivity contribution in [1.82, 2.24) is 30.3 Å². The molecule has 2 fully saturated rings. The van der Waals surface area contributed by atoms with Crippen molar-refractivity contribution >= 4 is 5.96 Å². The number of rotatable bonds is 7. The lowest BCUT2D eigenvalue weighted by Gasteiger charge is -2.26. The van der Waals surface area contributed by atoms with Gasteiger partial charge < -0.3 is 19.9 Å². The lowest BCUT2D eigenvalue weighted by molar-refractivity contribution is 0.0389. The molecule has 24 heavy (non-hydrogen) atoms. The third kappa shape index (κ3) is 5.17. The van der Waals surface area contributed by atoms with Crippen LogP contribution in [0.15, 0.2) is 4.99 Å². The summed E-state index contributed by atoms with van der Waals surface area (Å²) in [6, 6.07) is 0. The molecule has 1 saturated carbocycles. The lowest BCUT2D eigenvalue weighted by Crippen LogP contribution is -2.44. The SMILES string of the molecule is Cc1nnc(CN=C(NCCN2CCOCC2)NCC2CC2)n1C. The monoisotopic (exact) mass is 335 g/mol. The summed E-state index contributed by atoms with van der Waals surface area (Å²) >= 11 is 0. The van der Waals surface area contributed by atoms with Gasteiger partial charge in [-0.1, -0.05) is 0 Å². The van der Waals surface area contributed by atoms with Gasteiger partial charge in [0.05, 0.1) is 13.2 Å². The van der Waals surface area contributed by atoms with Crippen molar-refractivity contribution in [3.8, 4) is 0 Å². The van der Waals surface area contributed by atoms with Crippen LogP contribution in [-0.4, -0.2) is 71.6 Å². The van der Waals surface area contributed by atoms with E-state index in [0.29, 0.717) is 6.54 Å². The molecule has 2 N–H and O–H groups in total. The Morgan fingerprint density at radius 3 is 2.71 bits per heavy atom. The van der Waals surface area contributed by atoms with Crippen LogP contribution in [-0.2, 0) is 18.3 Å². The highest BCUT2D eigenvalue weighted by atomic mass is 16.5. The molecule has 1 aliphatic heterocycles. The quantitative estimate of drug-likeness (QED) is 0.535. The molecule has 1 saturated heterocycles. The van der Waals surface area contributed by atoms with Crippen LogP contribution in [0.2, 0.25) is 0 Å². The zero-order chi connectivity index (χ0) is 16.8. The normalized spacial score (nSPS) is 19.5. The van der Waals surface area contributed by atoms with Crippen molar-refractivity contribution in [3.63, 3.8) is 0 Å². The molecule has 0 radical (unpaired) electrons. The average molecular weight is 335 g/mol. The molecule has 2 heterocycles. The number of nitrogens with zero attached hydrogens (tertiary/aromatic N) is 5. The van der Waals surface area contributed by atoms with E-state index < -0.39 is 0 Å². The van der Waals surface area contributed by atoms with Gasteiger partial charge in [0.25, 0.3) is 0 Å². The van der Waals surface area contributed by atoms with Crippen LogP contribution in [0.1, 0.15) is 24.5 Å². The van der Waals surface area contributed by atoms with Gasteiger partial charge in [-0.05, 0) is 25.7 Å². The number of aryl methyl sites for hydroxylation is 1. The molecule has 1 aromatic rings. The summed E-state index contributed by atoms with van der Waals surface area (Å²) in [4.78, 5) is 7.10. The first-order valence-corrected chi connectivity index (χ1v) is 8.89. The Kier molecular flexibility index (Phi) is 6.03. The highest BCUT2D eigenvalue weighted by molar-refractivity contribution is 5.79. The third-order valence-corrected chi connectivity index (χ3v) is 4.64. The van der Waals surface area contributed by atoms with Gasteiger partial charge in [-0.2, -0.15) is 0 Å². The molecule has 134 valence electrons. The fourth-order valence-electron chi connectivity index (χ4n) is 2.63. The molecular weight excluding hydrogens is 306 g/mol. The first-order valence-electron chi connectivity index (χ1n) is 8.89. The molecule has 8 heteroatoms. The minimum atomic E-state index is 0.537. The van der Waals surface area contributed by atoms with Crippen molar-refractivity contribution in [1.29, 1.82) is 0 Å². The van der Waals surface area contributed by atoms with E-state index in [-0.39, 0.29) is 0 Å². The van der Waals surface area contributed by atoms with Crippen LogP contribution >= 0.6 is 0 Å². The molecule has 2 aliphatic rings. The second kappa shape index (κ2) is 8.43. The van der Waals surface area contributed by atoms with Gasteiger partial charge in [-0.15, -0.1) is 10.2 Å². The van der Waals surface area contributed by atoms with Crippen LogP contribution in [0.5, 0.6) is 0 Å². The van der Waals surface area contributed by atoms with E-state index in [0.717, 1.165) is 69.5 Å². The maximum atomic E-state index is 5.39. The van der Waals surface area contributed by atoms with Crippen LogP contribution in [0.3, 0.4) is 0 Å². The zero-order valence-corrected chi connectivity index (χ0v) is 14.8. The predicted molar refractivity (Wildman–Crippen MR) is 92.9 cm³/mol. The van der Waals surface area contributed by atoms with Crippen LogP contribution in [0.4, 0.5) is 0 Å². The van der Waals surface area contributed by atoms with Crippen molar-refractivity contribution in [2.45, 2.75) is 26.3 Å². The molecule has 0 aromatic carbocycles. The summed E-state index contributed by atoms with van der Waals surface area (Å²) in [6.07, 6.45) is 2.66. The third-order valence-electron chi connectivity index (χ3n) is 4.64. The molecule has 3 rings (SSSR count). The summed E-state index contributed by atoms with van der Waals surface area (Å²) in [5.74, 6) is 3.48. The Balaban J connectivity index is 1.49. The Hall–Kier alpha value is -1.67. The Morgan fingerprint density at radius 2 is 2.04 bits per heavy atom. The fraction of sp³-hybridized carbons (Fsp3) is 0.812. The molecule has 0 bridgehead atoms. The van der Waals surface area contributed by atoms with Crippen molar-refractivity contribution in [3.05, 3.63) is 11.6 Å². The molecule has 0 spiro atoms. The Morgan fingerprint density at radius 1 is 1.25 bits per heavy atom. The second-order valence-corrected chi connectivity index (χ2v) is 6.59. The smallest absolute Gasteiger partial charge is 0.191 e.